The fourth-order valence-electron chi connectivity index (χ4n) is 11.7. The summed E-state index contributed by atoms with van der Waals surface area (Å²) < 4.78 is 12.6. The van der Waals surface area contributed by atoms with Gasteiger partial charge in [-0.3, -0.25) is 0 Å². The van der Waals surface area contributed by atoms with Crippen LogP contribution in [0.15, 0.2) is 227 Å². The average Bonchev–Trinajstić information content (AvgIpc) is 3.98. The fourth-order valence-corrected chi connectivity index (χ4v) is 11.7. The Balaban J connectivity index is 0.999. The molecular formula is C67H48N2O2. The van der Waals surface area contributed by atoms with Crippen molar-refractivity contribution in [2.24, 2.45) is 0 Å². The maximum Gasteiger partial charge on any atom is 0.135 e. The van der Waals surface area contributed by atoms with Crippen molar-refractivity contribution < 1.29 is 8.83 Å². The lowest BCUT2D eigenvalue weighted by Gasteiger charge is -2.38. The van der Waals surface area contributed by atoms with Crippen molar-refractivity contribution in [3.63, 3.8) is 0 Å². The molecule has 1 aliphatic rings. The van der Waals surface area contributed by atoms with Gasteiger partial charge in [0.2, 0.25) is 0 Å². The lowest BCUT2D eigenvalue weighted by atomic mass is 9.66. The number of hydrogen-bond donors (Lipinski definition) is 0. The van der Waals surface area contributed by atoms with Crippen LogP contribution in [0.5, 0.6) is 0 Å². The predicted octanol–water partition coefficient (Wildman–Crippen LogP) is 19.3. The Bertz CT molecular complexity index is 4270. The van der Waals surface area contributed by atoms with E-state index in [0.29, 0.717) is 0 Å². The highest BCUT2D eigenvalue weighted by Crippen LogP contribution is 2.56. The minimum Gasteiger partial charge on any atom is -0.456 e. The van der Waals surface area contributed by atoms with Gasteiger partial charge in [-0.2, -0.15) is 0 Å². The summed E-state index contributed by atoms with van der Waals surface area (Å²) in [6, 6.07) is 79.8. The third-order valence-corrected chi connectivity index (χ3v) is 15.1. The zero-order chi connectivity index (χ0) is 47.5. The minimum absolute atomic E-state index is 0.350. The molecule has 14 rings (SSSR count). The summed E-state index contributed by atoms with van der Waals surface area (Å²) in [5.74, 6) is 0. The number of fused-ring (bicyclic) bond motifs is 10. The van der Waals surface area contributed by atoms with Gasteiger partial charge in [-0.1, -0.05) is 146 Å². The molecule has 71 heavy (non-hydrogen) atoms. The van der Waals surface area contributed by atoms with Crippen LogP contribution in [0.2, 0.25) is 0 Å². The molecule has 338 valence electrons. The lowest BCUT2D eigenvalue weighted by molar-refractivity contribution is 0.645. The van der Waals surface area contributed by atoms with Crippen molar-refractivity contribution >= 4 is 99.5 Å². The Labute approximate surface area is 412 Å². The second kappa shape index (κ2) is 15.6. The van der Waals surface area contributed by atoms with Gasteiger partial charge in [0.15, 0.2) is 0 Å². The third kappa shape index (κ3) is 6.38. The molecular weight excluding hydrogens is 865 g/mol. The number of aryl methyl sites for hydroxylation is 2. The molecule has 0 bridgehead atoms. The van der Waals surface area contributed by atoms with Gasteiger partial charge in [0.25, 0.3) is 0 Å². The molecule has 0 saturated heterocycles. The molecule has 2 aromatic heterocycles. The highest BCUT2D eigenvalue weighted by molar-refractivity contribution is 6.24. The Hall–Kier alpha value is -8.86. The Morgan fingerprint density at radius 3 is 1.38 bits per heavy atom. The van der Waals surface area contributed by atoms with E-state index in [1.807, 2.05) is 24.3 Å². The van der Waals surface area contributed by atoms with E-state index in [1.165, 1.54) is 66.1 Å². The van der Waals surface area contributed by atoms with E-state index in [9.17, 15) is 0 Å². The molecule has 0 saturated carbocycles. The third-order valence-electron chi connectivity index (χ3n) is 15.1. The van der Waals surface area contributed by atoms with Crippen LogP contribution in [0.1, 0.15) is 36.1 Å². The maximum absolute atomic E-state index is 6.32. The van der Waals surface area contributed by atoms with Crippen molar-refractivity contribution in [3.05, 3.63) is 241 Å². The molecule has 0 radical (unpaired) electrons. The molecule has 1 aliphatic carbocycles. The number of nitrogens with zero attached hydrogens (tertiary/aromatic N) is 2. The molecule has 4 nitrogen and oxygen atoms in total. The summed E-state index contributed by atoms with van der Waals surface area (Å²) in [5.41, 5.74) is 19.8. The standard InChI is InChI=1S/C67H48N2O2/c1-41-21-25-44(26-22-41)68(47-31-35-62-56(38-47)50-15-8-10-19-60(50)70-62)46-29-33-53-55(37-46)52-17-12-18-58-65(52)66(64(53)43-13-6-5-7-14-43)54-34-30-49(40-59(54)67(58,3)4)69(45-27-23-42(2)24-28-45)48-32-36-63-57(39-48)51-16-9-11-20-61(51)71-63/h5-40H,1-4H3. The topological polar surface area (TPSA) is 32.8 Å². The first-order valence-electron chi connectivity index (χ1n) is 24.6. The number of benzene rings is 11. The summed E-state index contributed by atoms with van der Waals surface area (Å²) in [6.45, 7) is 9.11. The van der Waals surface area contributed by atoms with E-state index in [-0.39, 0.29) is 5.41 Å². The van der Waals surface area contributed by atoms with Crippen LogP contribution in [0.4, 0.5) is 34.1 Å². The molecule has 11 aromatic carbocycles. The summed E-state index contributed by atoms with van der Waals surface area (Å²) in [7, 11) is 0. The van der Waals surface area contributed by atoms with Crippen LogP contribution in [-0.2, 0) is 5.41 Å². The van der Waals surface area contributed by atoms with Gasteiger partial charge < -0.3 is 18.6 Å². The first kappa shape index (κ1) is 41.1. The van der Waals surface area contributed by atoms with Crippen LogP contribution in [0.3, 0.4) is 0 Å². The summed E-state index contributed by atoms with van der Waals surface area (Å²) in [4.78, 5) is 4.80. The van der Waals surface area contributed by atoms with Crippen molar-refractivity contribution in [2.75, 3.05) is 9.80 Å². The minimum atomic E-state index is -0.350. The highest BCUT2D eigenvalue weighted by Gasteiger charge is 2.37. The molecule has 0 unspecified atom stereocenters. The van der Waals surface area contributed by atoms with Crippen LogP contribution in [0.25, 0.3) is 87.7 Å². The molecule has 13 aromatic rings. The predicted molar refractivity (Wildman–Crippen MR) is 298 cm³/mol. The van der Waals surface area contributed by atoms with E-state index >= 15 is 0 Å². The second-order valence-electron chi connectivity index (χ2n) is 19.8. The van der Waals surface area contributed by atoms with Crippen molar-refractivity contribution in [1.82, 2.24) is 0 Å². The van der Waals surface area contributed by atoms with Crippen molar-refractivity contribution in [3.8, 4) is 22.3 Å². The molecule has 0 atom stereocenters. The van der Waals surface area contributed by atoms with Crippen molar-refractivity contribution in [1.29, 1.82) is 0 Å². The van der Waals surface area contributed by atoms with E-state index < -0.39 is 0 Å². The van der Waals surface area contributed by atoms with Gasteiger partial charge in [0.1, 0.15) is 22.3 Å². The first-order valence-corrected chi connectivity index (χ1v) is 24.6. The second-order valence-corrected chi connectivity index (χ2v) is 19.8. The molecule has 0 N–H and O–H groups in total. The van der Waals surface area contributed by atoms with Gasteiger partial charge >= 0.3 is 0 Å². The fraction of sp³-hybridized carbons (Fsp3) is 0.0746. The molecule has 0 amide bonds. The largest absolute Gasteiger partial charge is 0.456 e. The molecule has 2 heterocycles. The Morgan fingerprint density at radius 1 is 0.324 bits per heavy atom. The van der Waals surface area contributed by atoms with Gasteiger partial charge in [-0.05, 0) is 166 Å². The number of furan rings is 2. The summed E-state index contributed by atoms with van der Waals surface area (Å²) in [6.07, 6.45) is 0. The quantitative estimate of drug-likeness (QED) is 0.149. The highest BCUT2D eigenvalue weighted by atomic mass is 16.3. The summed E-state index contributed by atoms with van der Waals surface area (Å²) >= 11 is 0. The average molecular weight is 913 g/mol. The smallest absolute Gasteiger partial charge is 0.135 e. The molecule has 0 aliphatic heterocycles. The number of hydrogen-bond acceptors (Lipinski definition) is 4. The van der Waals surface area contributed by atoms with E-state index in [1.54, 1.807) is 0 Å². The van der Waals surface area contributed by atoms with Crippen LogP contribution in [-0.4, -0.2) is 0 Å². The SMILES string of the molecule is Cc1ccc(N(c2ccc3c(c2)C(C)(C)c2cccc4c2c-3c(-c2ccccc2)c2ccc(N(c3ccc(C)cc3)c3ccc5oc6ccccc6c5c3)cc24)c2ccc3oc4ccccc4c3c2)cc1. The normalized spacial score (nSPS) is 12.9. The Kier molecular flexibility index (Phi) is 9.03. The van der Waals surface area contributed by atoms with Crippen LogP contribution >= 0.6 is 0 Å². The van der Waals surface area contributed by atoms with Crippen molar-refractivity contribution in [2.45, 2.75) is 33.1 Å². The zero-order valence-electron chi connectivity index (χ0n) is 40.0. The van der Waals surface area contributed by atoms with E-state index in [0.717, 1.165) is 78.0 Å². The molecule has 0 fully saturated rings. The summed E-state index contributed by atoms with van der Waals surface area (Å²) in [5, 5.41) is 9.43. The van der Waals surface area contributed by atoms with Crippen LogP contribution < -0.4 is 9.80 Å². The number of rotatable bonds is 7. The monoisotopic (exact) mass is 912 g/mol. The van der Waals surface area contributed by atoms with Gasteiger partial charge in [0.05, 0.1) is 0 Å². The molecule has 0 spiro atoms. The first-order chi connectivity index (χ1) is 34.8. The number of para-hydroxylation sites is 2. The number of anilines is 6. The van der Waals surface area contributed by atoms with Gasteiger partial charge in [-0.25, -0.2) is 0 Å². The molecule has 4 heteroatoms. The van der Waals surface area contributed by atoms with Gasteiger partial charge in [0, 0.05) is 61.1 Å². The van der Waals surface area contributed by atoms with E-state index in [4.69, 9.17) is 8.83 Å². The lowest BCUT2D eigenvalue weighted by Crippen LogP contribution is -2.24. The van der Waals surface area contributed by atoms with Gasteiger partial charge in [-0.15, -0.1) is 0 Å². The van der Waals surface area contributed by atoms with E-state index in [2.05, 4.69) is 232 Å². The maximum atomic E-state index is 6.32. The zero-order valence-corrected chi connectivity index (χ0v) is 40.0. The Morgan fingerprint density at radius 2 is 0.789 bits per heavy atom. The van der Waals surface area contributed by atoms with Crippen LogP contribution in [0, 0.1) is 13.8 Å².